The van der Waals surface area contributed by atoms with Gasteiger partial charge in [0.2, 0.25) is 0 Å². The summed E-state index contributed by atoms with van der Waals surface area (Å²) in [7, 11) is 0. The van der Waals surface area contributed by atoms with Crippen molar-refractivity contribution in [2.75, 3.05) is 6.67 Å². The van der Waals surface area contributed by atoms with E-state index in [2.05, 4.69) is 4.74 Å². The van der Waals surface area contributed by atoms with Crippen LogP contribution in [0.4, 0.5) is 4.39 Å². The zero-order chi connectivity index (χ0) is 9.30. The summed E-state index contributed by atoms with van der Waals surface area (Å²) in [6, 6.07) is 0. The molecule has 0 radical (unpaired) electrons. The standard InChI is InChI=1S/C6H11FO5/c7-1-2-3(8)4(9)5(10)6(11)12-2/h2-6,8-11H,1H2/t2-,3-,4-,5+,6+/m0/s1. The van der Waals surface area contributed by atoms with Crippen LogP contribution in [0.3, 0.4) is 0 Å². The second kappa shape index (κ2) is 3.63. The van der Waals surface area contributed by atoms with Gasteiger partial charge < -0.3 is 25.2 Å². The molecular formula is C6H11FO5. The fourth-order valence-corrected chi connectivity index (χ4v) is 1.06. The van der Waals surface area contributed by atoms with Gasteiger partial charge in [-0.2, -0.15) is 0 Å². The number of halogens is 1. The molecule has 0 aromatic heterocycles. The quantitative estimate of drug-likeness (QED) is 0.368. The van der Waals surface area contributed by atoms with Gasteiger partial charge >= 0.3 is 0 Å². The maximum absolute atomic E-state index is 12.0. The van der Waals surface area contributed by atoms with E-state index in [1.807, 2.05) is 0 Å². The zero-order valence-corrected chi connectivity index (χ0v) is 6.17. The predicted molar refractivity (Wildman–Crippen MR) is 34.9 cm³/mol. The maximum Gasteiger partial charge on any atom is 0.184 e. The third-order valence-corrected chi connectivity index (χ3v) is 1.84. The van der Waals surface area contributed by atoms with Crippen LogP contribution in [0.1, 0.15) is 0 Å². The highest BCUT2D eigenvalue weighted by Gasteiger charge is 2.42. The molecule has 0 spiro atoms. The maximum atomic E-state index is 12.0. The number of rotatable bonds is 1. The molecule has 1 heterocycles. The van der Waals surface area contributed by atoms with Gasteiger partial charge in [0.05, 0.1) is 0 Å². The van der Waals surface area contributed by atoms with E-state index in [1.54, 1.807) is 0 Å². The van der Waals surface area contributed by atoms with Gasteiger partial charge in [0.15, 0.2) is 6.29 Å². The largest absolute Gasteiger partial charge is 0.387 e. The average Bonchev–Trinajstić information content (AvgIpc) is 2.08. The van der Waals surface area contributed by atoms with Crippen molar-refractivity contribution in [3.05, 3.63) is 0 Å². The van der Waals surface area contributed by atoms with Crippen LogP contribution in [0.5, 0.6) is 0 Å². The van der Waals surface area contributed by atoms with E-state index in [4.69, 9.17) is 20.4 Å². The molecule has 0 aromatic rings. The Bertz CT molecular complexity index is 150. The molecule has 1 aliphatic rings. The van der Waals surface area contributed by atoms with Crippen LogP contribution in [-0.2, 0) is 4.74 Å². The van der Waals surface area contributed by atoms with Gasteiger partial charge in [-0.3, -0.25) is 0 Å². The van der Waals surface area contributed by atoms with Crippen molar-refractivity contribution < 1.29 is 29.6 Å². The summed E-state index contributed by atoms with van der Waals surface area (Å²) in [6.45, 7) is -1.03. The Morgan fingerprint density at radius 2 is 1.58 bits per heavy atom. The van der Waals surface area contributed by atoms with E-state index in [1.165, 1.54) is 0 Å². The summed E-state index contributed by atoms with van der Waals surface area (Å²) in [6.07, 6.45) is -7.60. The van der Waals surface area contributed by atoms with Crippen molar-refractivity contribution in [3.8, 4) is 0 Å². The van der Waals surface area contributed by atoms with Crippen LogP contribution in [-0.4, -0.2) is 57.8 Å². The normalized spacial score (nSPS) is 49.2. The van der Waals surface area contributed by atoms with Crippen LogP contribution in [0, 0.1) is 0 Å². The van der Waals surface area contributed by atoms with Crippen LogP contribution in [0.2, 0.25) is 0 Å². The molecule has 4 N–H and O–H groups in total. The fourth-order valence-electron chi connectivity index (χ4n) is 1.06. The SMILES string of the molecule is O[C@@H]1[C@@H](O)[C@H](O)O[C@@H](CF)[C@@H]1O. The average molecular weight is 182 g/mol. The van der Waals surface area contributed by atoms with E-state index in [0.717, 1.165) is 0 Å². The smallest absolute Gasteiger partial charge is 0.184 e. The predicted octanol–water partition coefficient (Wildman–Crippen LogP) is -2.24. The minimum absolute atomic E-state index is 1.03. The molecule has 1 rings (SSSR count). The summed E-state index contributed by atoms with van der Waals surface area (Å²) >= 11 is 0. The van der Waals surface area contributed by atoms with Gasteiger partial charge in [-0.05, 0) is 0 Å². The molecule has 0 aliphatic carbocycles. The van der Waals surface area contributed by atoms with E-state index >= 15 is 0 Å². The molecule has 5 nitrogen and oxygen atoms in total. The van der Waals surface area contributed by atoms with Crippen molar-refractivity contribution in [1.29, 1.82) is 0 Å². The summed E-state index contributed by atoms with van der Waals surface area (Å²) in [5.41, 5.74) is 0. The first-order valence-corrected chi connectivity index (χ1v) is 3.51. The summed E-state index contributed by atoms with van der Waals surface area (Å²) in [5.74, 6) is 0. The Hall–Kier alpha value is -0.270. The lowest BCUT2D eigenvalue weighted by Gasteiger charge is -2.37. The fraction of sp³-hybridized carbons (Fsp3) is 1.00. The first-order valence-electron chi connectivity index (χ1n) is 3.51. The molecule has 1 saturated heterocycles. The van der Waals surface area contributed by atoms with Crippen LogP contribution in [0.25, 0.3) is 0 Å². The van der Waals surface area contributed by atoms with Crippen molar-refractivity contribution >= 4 is 0 Å². The molecular weight excluding hydrogens is 171 g/mol. The van der Waals surface area contributed by atoms with E-state index in [-0.39, 0.29) is 0 Å². The van der Waals surface area contributed by atoms with E-state index < -0.39 is 37.4 Å². The van der Waals surface area contributed by atoms with Gasteiger partial charge in [0, 0.05) is 0 Å². The van der Waals surface area contributed by atoms with Crippen LogP contribution < -0.4 is 0 Å². The molecule has 5 atom stereocenters. The molecule has 0 saturated carbocycles. The van der Waals surface area contributed by atoms with Crippen LogP contribution >= 0.6 is 0 Å². The molecule has 1 fully saturated rings. The Kier molecular flexibility index (Phi) is 2.97. The first kappa shape index (κ1) is 9.82. The molecule has 0 unspecified atom stereocenters. The number of alkyl halides is 1. The molecule has 6 heteroatoms. The Balaban J connectivity index is 2.63. The van der Waals surface area contributed by atoms with Gasteiger partial charge in [0.1, 0.15) is 31.1 Å². The summed E-state index contributed by atoms with van der Waals surface area (Å²) in [4.78, 5) is 0. The molecule has 72 valence electrons. The Morgan fingerprint density at radius 1 is 1.00 bits per heavy atom. The van der Waals surface area contributed by atoms with Gasteiger partial charge in [-0.15, -0.1) is 0 Å². The molecule has 12 heavy (non-hydrogen) atoms. The summed E-state index contributed by atoms with van der Waals surface area (Å²) < 4.78 is 16.5. The highest BCUT2D eigenvalue weighted by atomic mass is 19.1. The van der Waals surface area contributed by atoms with Gasteiger partial charge in [-0.25, -0.2) is 4.39 Å². The summed E-state index contributed by atoms with van der Waals surface area (Å²) in [5, 5.41) is 35.8. The van der Waals surface area contributed by atoms with Crippen molar-refractivity contribution in [3.63, 3.8) is 0 Å². The van der Waals surface area contributed by atoms with Crippen molar-refractivity contribution in [1.82, 2.24) is 0 Å². The minimum atomic E-state index is -1.65. The second-order valence-electron chi connectivity index (χ2n) is 2.69. The highest BCUT2D eigenvalue weighted by molar-refractivity contribution is 4.88. The lowest BCUT2D eigenvalue weighted by molar-refractivity contribution is -0.283. The minimum Gasteiger partial charge on any atom is -0.387 e. The van der Waals surface area contributed by atoms with Gasteiger partial charge in [0.25, 0.3) is 0 Å². The Morgan fingerprint density at radius 3 is 2.08 bits per heavy atom. The lowest BCUT2D eigenvalue weighted by atomic mass is 10.00. The zero-order valence-electron chi connectivity index (χ0n) is 6.17. The number of hydrogen-bond donors (Lipinski definition) is 4. The third kappa shape index (κ3) is 1.57. The van der Waals surface area contributed by atoms with Crippen LogP contribution in [0.15, 0.2) is 0 Å². The molecule has 0 aromatic carbocycles. The highest BCUT2D eigenvalue weighted by Crippen LogP contribution is 2.19. The first-order chi connectivity index (χ1) is 5.57. The number of ether oxygens (including phenoxy) is 1. The molecule has 1 aliphatic heterocycles. The number of aliphatic hydroxyl groups is 4. The van der Waals surface area contributed by atoms with Crippen molar-refractivity contribution in [2.45, 2.75) is 30.7 Å². The topological polar surface area (TPSA) is 90.2 Å². The Labute approximate surface area is 68.0 Å². The van der Waals surface area contributed by atoms with E-state index in [9.17, 15) is 4.39 Å². The monoisotopic (exact) mass is 182 g/mol. The molecule has 0 bridgehead atoms. The number of hydrogen-bond acceptors (Lipinski definition) is 5. The lowest BCUT2D eigenvalue weighted by Crippen LogP contribution is -2.58. The van der Waals surface area contributed by atoms with Gasteiger partial charge in [-0.1, -0.05) is 0 Å². The number of aliphatic hydroxyl groups excluding tert-OH is 4. The third-order valence-electron chi connectivity index (χ3n) is 1.84. The van der Waals surface area contributed by atoms with E-state index in [0.29, 0.717) is 0 Å². The van der Waals surface area contributed by atoms with Crippen molar-refractivity contribution in [2.24, 2.45) is 0 Å². The second-order valence-corrected chi connectivity index (χ2v) is 2.69. The molecule has 0 amide bonds.